The van der Waals surface area contributed by atoms with Gasteiger partial charge in [-0.25, -0.2) is 9.59 Å². The summed E-state index contributed by atoms with van der Waals surface area (Å²) < 4.78 is 5.55. The molecule has 0 fully saturated rings. The van der Waals surface area contributed by atoms with Gasteiger partial charge < -0.3 is 10.1 Å². The number of carbonyl (C=O) groups is 3. The van der Waals surface area contributed by atoms with Gasteiger partial charge in [-0.15, -0.1) is 0 Å². The first-order valence-electron chi connectivity index (χ1n) is 9.42. The first kappa shape index (κ1) is 21.3. The summed E-state index contributed by atoms with van der Waals surface area (Å²) in [6, 6.07) is 23.3. The smallest absolute Gasteiger partial charge is 0.339 e. The number of hydrogen-bond donors (Lipinski definition) is 2. The Morgan fingerprint density at radius 1 is 0.871 bits per heavy atom. The van der Waals surface area contributed by atoms with Gasteiger partial charge in [0.1, 0.15) is 0 Å². The van der Waals surface area contributed by atoms with Crippen LogP contribution in [0.2, 0.25) is 0 Å². The number of carbonyl (C=O) groups excluding carboxylic acids is 3. The highest BCUT2D eigenvalue weighted by Crippen LogP contribution is 2.29. The number of nitrogens with one attached hydrogen (secondary N) is 2. The zero-order valence-electron chi connectivity index (χ0n) is 16.7. The molecule has 0 heterocycles. The van der Waals surface area contributed by atoms with Gasteiger partial charge in [-0.3, -0.25) is 10.1 Å². The molecule has 0 radical (unpaired) electrons. The second kappa shape index (κ2) is 9.85. The van der Waals surface area contributed by atoms with E-state index in [1.165, 1.54) is 7.05 Å². The van der Waals surface area contributed by atoms with Crippen molar-refractivity contribution in [2.45, 2.75) is 6.10 Å². The van der Waals surface area contributed by atoms with Crippen LogP contribution in [-0.2, 0) is 9.53 Å². The summed E-state index contributed by atoms with van der Waals surface area (Å²) in [6.07, 6.45) is -1.34. The second-order valence-corrected chi connectivity index (χ2v) is 6.47. The molecule has 3 aromatic carbocycles. The van der Waals surface area contributed by atoms with Crippen molar-refractivity contribution in [3.05, 3.63) is 95.6 Å². The molecule has 3 amide bonds. The van der Waals surface area contributed by atoms with Crippen molar-refractivity contribution in [3.8, 4) is 17.2 Å². The SMILES string of the molecule is CNC(=O)NC(=O)[C@@H](OC(=O)c1ccccc1-c1ccccc1C#N)c1ccccc1. The lowest BCUT2D eigenvalue weighted by Crippen LogP contribution is -2.41. The highest BCUT2D eigenvalue weighted by Gasteiger charge is 2.28. The van der Waals surface area contributed by atoms with E-state index in [1.54, 1.807) is 78.9 Å². The summed E-state index contributed by atoms with van der Waals surface area (Å²) in [5.74, 6) is -1.54. The number of benzene rings is 3. The molecule has 2 N–H and O–H groups in total. The van der Waals surface area contributed by atoms with Gasteiger partial charge in [0.05, 0.1) is 17.2 Å². The first-order chi connectivity index (χ1) is 15.0. The van der Waals surface area contributed by atoms with E-state index >= 15 is 0 Å². The van der Waals surface area contributed by atoms with Crippen LogP contribution in [0.15, 0.2) is 78.9 Å². The van der Waals surface area contributed by atoms with Gasteiger partial charge >= 0.3 is 12.0 Å². The fourth-order valence-electron chi connectivity index (χ4n) is 3.02. The van der Waals surface area contributed by atoms with Gasteiger partial charge in [0.2, 0.25) is 6.10 Å². The minimum absolute atomic E-state index is 0.193. The zero-order chi connectivity index (χ0) is 22.2. The largest absolute Gasteiger partial charge is 0.444 e. The van der Waals surface area contributed by atoms with Crippen LogP contribution in [0.4, 0.5) is 4.79 Å². The number of imide groups is 1. The number of rotatable bonds is 5. The van der Waals surface area contributed by atoms with Gasteiger partial charge in [0.25, 0.3) is 5.91 Å². The Bertz CT molecular complexity index is 1150. The number of nitriles is 1. The summed E-state index contributed by atoms with van der Waals surface area (Å²) in [5.41, 5.74) is 2.08. The van der Waals surface area contributed by atoms with Crippen molar-refractivity contribution < 1.29 is 19.1 Å². The van der Waals surface area contributed by atoms with E-state index in [2.05, 4.69) is 16.7 Å². The lowest BCUT2D eigenvalue weighted by molar-refractivity contribution is -0.129. The maximum absolute atomic E-state index is 13.1. The van der Waals surface area contributed by atoms with E-state index in [9.17, 15) is 19.6 Å². The molecule has 154 valence electrons. The average molecular weight is 413 g/mol. The third-order valence-electron chi connectivity index (χ3n) is 4.51. The third kappa shape index (κ3) is 4.95. The number of nitrogens with zero attached hydrogens (tertiary/aromatic N) is 1. The Morgan fingerprint density at radius 2 is 1.48 bits per heavy atom. The van der Waals surface area contributed by atoms with E-state index in [0.29, 0.717) is 22.3 Å². The second-order valence-electron chi connectivity index (χ2n) is 6.47. The van der Waals surface area contributed by atoms with Crippen LogP contribution < -0.4 is 10.6 Å². The molecule has 0 unspecified atom stereocenters. The van der Waals surface area contributed by atoms with E-state index < -0.39 is 24.0 Å². The van der Waals surface area contributed by atoms with Crippen molar-refractivity contribution in [1.82, 2.24) is 10.6 Å². The lowest BCUT2D eigenvalue weighted by atomic mass is 9.96. The molecule has 0 aliphatic heterocycles. The van der Waals surface area contributed by atoms with Crippen LogP contribution in [0, 0.1) is 11.3 Å². The van der Waals surface area contributed by atoms with Gasteiger partial charge in [-0.2, -0.15) is 5.26 Å². The zero-order valence-corrected chi connectivity index (χ0v) is 16.7. The Labute approximate surface area is 179 Å². The minimum atomic E-state index is -1.34. The molecule has 0 aromatic heterocycles. The van der Waals surface area contributed by atoms with Crippen LogP contribution in [0.5, 0.6) is 0 Å². The molecule has 0 aliphatic carbocycles. The summed E-state index contributed by atoms with van der Waals surface area (Å²) in [5, 5.41) is 13.9. The molecule has 3 rings (SSSR count). The fraction of sp³-hybridized carbons (Fsp3) is 0.0833. The Balaban J connectivity index is 1.97. The summed E-state index contributed by atoms with van der Waals surface area (Å²) in [7, 11) is 1.37. The van der Waals surface area contributed by atoms with Crippen molar-refractivity contribution in [3.63, 3.8) is 0 Å². The van der Waals surface area contributed by atoms with Crippen molar-refractivity contribution in [2.24, 2.45) is 0 Å². The van der Waals surface area contributed by atoms with Gasteiger partial charge in [0, 0.05) is 18.2 Å². The topological polar surface area (TPSA) is 108 Å². The van der Waals surface area contributed by atoms with Crippen molar-refractivity contribution >= 4 is 17.9 Å². The Morgan fingerprint density at radius 3 is 2.16 bits per heavy atom. The van der Waals surface area contributed by atoms with Gasteiger partial charge in [0.15, 0.2) is 0 Å². The van der Waals surface area contributed by atoms with Crippen LogP contribution >= 0.6 is 0 Å². The summed E-state index contributed by atoms with van der Waals surface area (Å²) >= 11 is 0. The normalized spacial score (nSPS) is 11.0. The average Bonchev–Trinajstić information content (AvgIpc) is 2.82. The number of esters is 1. The number of ether oxygens (including phenoxy) is 1. The van der Waals surface area contributed by atoms with Crippen molar-refractivity contribution in [1.29, 1.82) is 5.26 Å². The molecular formula is C24H19N3O4. The lowest BCUT2D eigenvalue weighted by Gasteiger charge is -2.18. The van der Waals surface area contributed by atoms with Gasteiger partial charge in [-0.05, 0) is 17.7 Å². The van der Waals surface area contributed by atoms with Crippen LogP contribution in [0.3, 0.4) is 0 Å². The molecule has 31 heavy (non-hydrogen) atoms. The van der Waals surface area contributed by atoms with Crippen molar-refractivity contribution in [2.75, 3.05) is 7.05 Å². The number of amides is 3. The van der Waals surface area contributed by atoms with Crippen LogP contribution in [-0.4, -0.2) is 25.0 Å². The third-order valence-corrected chi connectivity index (χ3v) is 4.51. The van der Waals surface area contributed by atoms with E-state index in [0.717, 1.165) is 0 Å². The number of urea groups is 1. The monoisotopic (exact) mass is 413 g/mol. The molecule has 3 aromatic rings. The minimum Gasteiger partial charge on any atom is -0.444 e. The van der Waals surface area contributed by atoms with E-state index in [1.807, 2.05) is 0 Å². The Hall–Kier alpha value is -4.44. The molecule has 0 saturated heterocycles. The standard InChI is InChI=1S/C24H19N3O4/c1-26-24(30)27-22(28)21(16-9-3-2-4-10-16)31-23(29)20-14-8-7-13-19(20)18-12-6-5-11-17(18)15-25/h2-14,21H,1H3,(H2,26,27,28,30)/t21-/m0/s1. The highest BCUT2D eigenvalue weighted by atomic mass is 16.5. The molecular weight excluding hydrogens is 394 g/mol. The molecule has 1 atom stereocenters. The molecule has 0 aliphatic rings. The molecule has 0 bridgehead atoms. The van der Waals surface area contributed by atoms with Crippen LogP contribution in [0.1, 0.15) is 27.6 Å². The first-order valence-corrected chi connectivity index (χ1v) is 9.42. The van der Waals surface area contributed by atoms with Gasteiger partial charge in [-0.1, -0.05) is 66.7 Å². The highest BCUT2D eigenvalue weighted by molar-refractivity contribution is 6.01. The maximum Gasteiger partial charge on any atom is 0.339 e. The predicted octanol–water partition coefficient (Wildman–Crippen LogP) is 3.58. The van der Waals surface area contributed by atoms with E-state index in [4.69, 9.17) is 4.74 Å². The van der Waals surface area contributed by atoms with Crippen LogP contribution in [0.25, 0.3) is 11.1 Å². The predicted molar refractivity (Wildman–Crippen MR) is 114 cm³/mol. The maximum atomic E-state index is 13.1. The summed E-state index contributed by atoms with van der Waals surface area (Å²) in [6.45, 7) is 0. The molecule has 7 nitrogen and oxygen atoms in total. The number of hydrogen-bond acceptors (Lipinski definition) is 5. The fourth-order valence-corrected chi connectivity index (χ4v) is 3.02. The summed E-state index contributed by atoms with van der Waals surface area (Å²) in [4.78, 5) is 37.3. The Kier molecular flexibility index (Phi) is 6.76. The molecule has 0 spiro atoms. The quantitative estimate of drug-likeness (QED) is 0.622. The van der Waals surface area contributed by atoms with E-state index in [-0.39, 0.29) is 5.56 Å². The molecule has 0 saturated carbocycles. The molecule has 7 heteroatoms.